The van der Waals surface area contributed by atoms with Crippen LogP contribution in [0.4, 0.5) is 0 Å². The summed E-state index contributed by atoms with van der Waals surface area (Å²) < 4.78 is 30.4. The van der Waals surface area contributed by atoms with E-state index in [2.05, 4.69) is 26.2 Å². The number of hydrogen-bond acceptors (Lipinski definition) is 4. The molecule has 0 aliphatic carbocycles. The van der Waals surface area contributed by atoms with Gasteiger partial charge in [-0.3, -0.25) is 4.99 Å². The number of nitrogens with zero attached hydrogens (tertiary/aromatic N) is 1. The van der Waals surface area contributed by atoms with Crippen molar-refractivity contribution in [3.63, 3.8) is 0 Å². The Labute approximate surface area is 185 Å². The average Bonchev–Trinajstić information content (AvgIpc) is 2.62. The number of ether oxygens (including phenoxy) is 1. The van der Waals surface area contributed by atoms with Gasteiger partial charge in [-0.1, -0.05) is 28.1 Å². The number of guanidine groups is 1. The third-order valence-electron chi connectivity index (χ3n) is 3.69. The lowest BCUT2D eigenvalue weighted by Gasteiger charge is -2.07. The van der Waals surface area contributed by atoms with Crippen LogP contribution in [0.3, 0.4) is 0 Å². The van der Waals surface area contributed by atoms with Crippen molar-refractivity contribution in [1.82, 2.24) is 5.32 Å². The zero-order valence-electron chi connectivity index (χ0n) is 14.9. The highest BCUT2D eigenvalue weighted by atomic mass is 127. The molecule has 0 unspecified atom stereocenters. The lowest BCUT2D eigenvalue weighted by atomic mass is 10.1. The summed E-state index contributed by atoms with van der Waals surface area (Å²) in [6.07, 6.45) is 0.775. The molecule has 3 N–H and O–H groups in total. The molecule has 0 amide bonds. The normalized spacial score (nSPS) is 11.6. The quantitative estimate of drug-likeness (QED) is 0.290. The van der Waals surface area contributed by atoms with E-state index in [4.69, 9.17) is 10.5 Å². The van der Waals surface area contributed by atoms with Crippen LogP contribution in [0.2, 0.25) is 0 Å². The van der Waals surface area contributed by atoms with Gasteiger partial charge >= 0.3 is 0 Å². The Hall–Kier alpha value is -1.33. The summed E-state index contributed by atoms with van der Waals surface area (Å²) >= 11 is 3.28. The predicted octanol–water partition coefficient (Wildman–Crippen LogP) is 3.00. The molecule has 6 nitrogen and oxygen atoms in total. The number of sulfone groups is 1. The first-order valence-corrected chi connectivity index (χ1v) is 10.5. The van der Waals surface area contributed by atoms with Gasteiger partial charge in [-0.05, 0) is 48.4 Å². The Kier molecular flexibility index (Phi) is 10.1. The topological polar surface area (TPSA) is 93.8 Å². The molecule has 0 saturated heterocycles. The van der Waals surface area contributed by atoms with Crippen LogP contribution in [0.5, 0.6) is 5.75 Å². The van der Waals surface area contributed by atoms with Crippen molar-refractivity contribution >= 4 is 55.7 Å². The number of aliphatic imine (C=N–C) groups is 1. The monoisotopic (exact) mass is 567 g/mol. The molecular weight excluding hydrogens is 545 g/mol. The maximum Gasteiger partial charge on any atom is 0.188 e. The van der Waals surface area contributed by atoms with E-state index in [0.717, 1.165) is 22.2 Å². The Morgan fingerprint density at radius 3 is 2.37 bits per heavy atom. The minimum atomic E-state index is -3.37. The van der Waals surface area contributed by atoms with Crippen molar-refractivity contribution < 1.29 is 13.2 Å². The highest BCUT2D eigenvalue weighted by molar-refractivity contribution is 14.0. The minimum Gasteiger partial charge on any atom is -0.497 e. The third kappa shape index (κ3) is 8.06. The van der Waals surface area contributed by atoms with Gasteiger partial charge in [-0.2, -0.15) is 0 Å². The molecule has 0 heterocycles. The molecule has 148 valence electrons. The highest BCUT2D eigenvalue weighted by Gasteiger charge is 2.13. The van der Waals surface area contributed by atoms with Gasteiger partial charge in [0.25, 0.3) is 0 Å². The molecule has 2 aromatic rings. The Bertz CT molecular complexity index is 841. The number of halogens is 2. The maximum absolute atomic E-state index is 12.2. The molecule has 27 heavy (non-hydrogen) atoms. The molecule has 0 aliphatic heterocycles. The number of nitrogens with one attached hydrogen (secondary N) is 1. The first-order chi connectivity index (χ1) is 12.4. The first-order valence-electron chi connectivity index (χ1n) is 8.06. The Morgan fingerprint density at radius 1 is 1.15 bits per heavy atom. The van der Waals surface area contributed by atoms with Gasteiger partial charge in [0.15, 0.2) is 15.8 Å². The van der Waals surface area contributed by atoms with Crippen LogP contribution < -0.4 is 15.8 Å². The van der Waals surface area contributed by atoms with Crippen LogP contribution in [0.15, 0.2) is 62.9 Å². The van der Waals surface area contributed by atoms with E-state index in [-0.39, 0.29) is 47.1 Å². The second-order valence-electron chi connectivity index (χ2n) is 5.56. The standard InChI is InChI=1S/C18H22BrN3O3S.HI/c1-25-16-6-2-14(3-7-16)10-11-21-18(20)22-12-13-26(23,24)17-8-4-15(19)5-9-17;/h2-9H,10-13H2,1H3,(H3,20,21,22);1H. The molecule has 0 radical (unpaired) electrons. The second kappa shape index (κ2) is 11.5. The van der Waals surface area contributed by atoms with E-state index < -0.39 is 9.84 Å². The van der Waals surface area contributed by atoms with Crippen LogP contribution in [0.25, 0.3) is 0 Å². The second-order valence-corrected chi connectivity index (χ2v) is 8.59. The number of methoxy groups -OCH3 is 1. The van der Waals surface area contributed by atoms with E-state index >= 15 is 0 Å². The lowest BCUT2D eigenvalue weighted by Crippen LogP contribution is -2.33. The van der Waals surface area contributed by atoms with Crippen molar-refractivity contribution in [2.75, 3.05) is 26.0 Å². The van der Waals surface area contributed by atoms with E-state index in [1.54, 1.807) is 31.4 Å². The number of hydrogen-bond donors (Lipinski definition) is 2. The zero-order chi connectivity index (χ0) is 19.0. The fourth-order valence-corrected chi connectivity index (χ4v) is 3.61. The van der Waals surface area contributed by atoms with Crippen molar-refractivity contribution in [1.29, 1.82) is 0 Å². The lowest BCUT2D eigenvalue weighted by molar-refractivity contribution is 0.414. The summed E-state index contributed by atoms with van der Waals surface area (Å²) in [6, 6.07) is 14.3. The van der Waals surface area contributed by atoms with Gasteiger partial charge in [0, 0.05) is 11.0 Å². The largest absolute Gasteiger partial charge is 0.497 e. The summed E-state index contributed by atoms with van der Waals surface area (Å²) in [6.45, 7) is 0.723. The average molecular weight is 568 g/mol. The van der Waals surface area contributed by atoms with Crippen LogP contribution in [-0.4, -0.2) is 40.3 Å². The molecule has 2 aromatic carbocycles. The molecular formula is C18H23BrIN3O3S. The van der Waals surface area contributed by atoms with Crippen molar-refractivity contribution in [2.24, 2.45) is 10.7 Å². The summed E-state index contributed by atoms with van der Waals surface area (Å²) in [5.41, 5.74) is 6.93. The van der Waals surface area contributed by atoms with E-state index in [9.17, 15) is 8.42 Å². The molecule has 0 saturated carbocycles. The first kappa shape index (κ1) is 23.7. The van der Waals surface area contributed by atoms with Gasteiger partial charge < -0.3 is 15.8 Å². The van der Waals surface area contributed by atoms with E-state index in [1.807, 2.05) is 24.3 Å². The van der Waals surface area contributed by atoms with Gasteiger partial charge in [-0.15, -0.1) is 24.0 Å². The summed E-state index contributed by atoms with van der Waals surface area (Å²) in [5.74, 6) is 0.967. The molecule has 0 spiro atoms. The minimum absolute atomic E-state index is 0. The third-order valence-corrected chi connectivity index (χ3v) is 5.93. The molecule has 9 heteroatoms. The molecule has 0 aromatic heterocycles. The summed E-state index contributed by atoms with van der Waals surface area (Å²) in [4.78, 5) is 4.37. The smallest absolute Gasteiger partial charge is 0.188 e. The molecule has 2 rings (SSSR count). The molecule has 0 aliphatic rings. The maximum atomic E-state index is 12.2. The molecule has 0 fully saturated rings. The SMILES string of the molecule is COc1ccc(CCNC(N)=NCCS(=O)(=O)c2ccc(Br)cc2)cc1.I. The van der Waals surface area contributed by atoms with Gasteiger partial charge in [-0.25, -0.2) is 8.42 Å². The van der Waals surface area contributed by atoms with Crippen molar-refractivity contribution in [2.45, 2.75) is 11.3 Å². The summed E-state index contributed by atoms with van der Waals surface area (Å²) in [7, 11) is -1.74. The summed E-state index contributed by atoms with van der Waals surface area (Å²) in [5, 5.41) is 2.99. The van der Waals surface area contributed by atoms with Gasteiger partial charge in [0.2, 0.25) is 0 Å². The number of benzene rings is 2. The number of rotatable bonds is 8. The molecule has 0 bridgehead atoms. The van der Waals surface area contributed by atoms with Crippen LogP contribution in [0, 0.1) is 0 Å². The van der Waals surface area contributed by atoms with E-state index in [0.29, 0.717) is 6.54 Å². The van der Waals surface area contributed by atoms with Gasteiger partial charge in [0.1, 0.15) is 5.75 Å². The number of nitrogens with two attached hydrogens (primary N) is 1. The molecule has 0 atom stereocenters. The van der Waals surface area contributed by atoms with Crippen LogP contribution in [0.1, 0.15) is 5.56 Å². The fourth-order valence-electron chi connectivity index (χ4n) is 2.23. The van der Waals surface area contributed by atoms with Crippen molar-refractivity contribution in [3.8, 4) is 5.75 Å². The van der Waals surface area contributed by atoms with E-state index in [1.165, 1.54) is 0 Å². The van der Waals surface area contributed by atoms with Crippen LogP contribution in [-0.2, 0) is 16.3 Å². The Balaban J connectivity index is 0.00000364. The Morgan fingerprint density at radius 2 is 1.78 bits per heavy atom. The predicted molar refractivity (Wildman–Crippen MR) is 123 cm³/mol. The highest BCUT2D eigenvalue weighted by Crippen LogP contribution is 2.15. The van der Waals surface area contributed by atoms with Crippen molar-refractivity contribution in [3.05, 3.63) is 58.6 Å². The fraction of sp³-hybridized carbons (Fsp3) is 0.278. The zero-order valence-corrected chi connectivity index (χ0v) is 19.6. The van der Waals surface area contributed by atoms with Gasteiger partial charge in [0.05, 0.1) is 24.3 Å². The van der Waals surface area contributed by atoms with Crippen LogP contribution >= 0.6 is 39.9 Å².